The van der Waals surface area contributed by atoms with Gasteiger partial charge in [0.05, 0.1) is 11.7 Å². The summed E-state index contributed by atoms with van der Waals surface area (Å²) in [6.45, 7) is 1.97. The average molecular weight is 393 g/mol. The summed E-state index contributed by atoms with van der Waals surface area (Å²) in [6, 6.07) is 13.9. The van der Waals surface area contributed by atoms with Crippen LogP contribution in [0.25, 0.3) is 16.7 Å². The van der Waals surface area contributed by atoms with E-state index in [1.165, 1.54) is 12.4 Å². The van der Waals surface area contributed by atoms with Crippen molar-refractivity contribution in [2.75, 3.05) is 5.32 Å². The predicted molar refractivity (Wildman–Crippen MR) is 114 cm³/mol. The highest BCUT2D eigenvalue weighted by Gasteiger charge is 2.27. The molecule has 5 nitrogen and oxygen atoms in total. The van der Waals surface area contributed by atoms with Crippen molar-refractivity contribution in [2.24, 2.45) is 5.73 Å². The van der Waals surface area contributed by atoms with Gasteiger partial charge in [-0.2, -0.15) is 0 Å². The minimum absolute atomic E-state index is 0.0721. The Bertz CT molecular complexity index is 1050. The number of nitrogens with two attached hydrogens (primary N) is 1. The molecule has 0 aliphatic heterocycles. The Morgan fingerprint density at radius 3 is 2.79 bits per heavy atom. The second-order valence-electron chi connectivity index (χ2n) is 6.88. The maximum atomic E-state index is 7.63. The zero-order valence-electron chi connectivity index (χ0n) is 15.5. The largest absolute Gasteiger partial charge is 0.404 e. The fourth-order valence-electron chi connectivity index (χ4n) is 3.75. The van der Waals surface area contributed by atoms with Crippen LogP contribution in [0.15, 0.2) is 53.2 Å². The molecule has 0 radical (unpaired) electrons. The van der Waals surface area contributed by atoms with Gasteiger partial charge in [-0.05, 0) is 60.4 Å². The van der Waals surface area contributed by atoms with Crippen LogP contribution in [0.1, 0.15) is 35.0 Å². The van der Waals surface area contributed by atoms with Crippen molar-refractivity contribution < 1.29 is 4.52 Å². The third-order valence-corrected chi connectivity index (χ3v) is 5.40. The molecule has 1 aliphatic rings. The van der Waals surface area contributed by atoms with Crippen molar-refractivity contribution in [3.05, 3.63) is 76.3 Å². The van der Waals surface area contributed by atoms with Gasteiger partial charge in [0, 0.05) is 40.7 Å². The lowest BCUT2D eigenvalue weighted by molar-refractivity contribution is 0.376. The first-order valence-corrected chi connectivity index (χ1v) is 9.53. The van der Waals surface area contributed by atoms with Crippen LogP contribution in [0.3, 0.4) is 0 Å². The molecule has 4 N–H and O–H groups in total. The molecule has 1 atom stereocenters. The highest BCUT2D eigenvalue weighted by atomic mass is 35.5. The van der Waals surface area contributed by atoms with Gasteiger partial charge in [0.25, 0.3) is 0 Å². The predicted octanol–water partition coefficient (Wildman–Crippen LogP) is 5.35. The monoisotopic (exact) mass is 392 g/mol. The first-order chi connectivity index (χ1) is 13.6. The minimum atomic E-state index is 0.0721. The van der Waals surface area contributed by atoms with Crippen molar-refractivity contribution in [1.29, 1.82) is 5.41 Å². The van der Waals surface area contributed by atoms with Crippen LogP contribution in [0.4, 0.5) is 5.69 Å². The minimum Gasteiger partial charge on any atom is -0.404 e. The Balaban J connectivity index is 1.83. The maximum Gasteiger partial charge on any atom is 0.144 e. The fourth-order valence-corrected chi connectivity index (χ4v) is 3.87. The van der Waals surface area contributed by atoms with Crippen LogP contribution in [0, 0.1) is 12.3 Å². The van der Waals surface area contributed by atoms with E-state index >= 15 is 0 Å². The number of allylic oxidation sites excluding steroid dienone is 1. The van der Waals surface area contributed by atoms with Crippen LogP contribution in [0.5, 0.6) is 0 Å². The Kier molecular flexibility index (Phi) is 4.92. The highest BCUT2D eigenvalue weighted by molar-refractivity contribution is 6.30. The number of benzene rings is 2. The number of fused-ring (bicyclic) bond motifs is 3. The summed E-state index contributed by atoms with van der Waals surface area (Å²) < 4.78 is 5.60. The molecule has 0 saturated carbocycles. The van der Waals surface area contributed by atoms with Crippen molar-refractivity contribution in [2.45, 2.75) is 25.8 Å². The van der Waals surface area contributed by atoms with E-state index in [4.69, 9.17) is 27.3 Å². The molecule has 0 fully saturated rings. The number of nitrogens with one attached hydrogen (secondary N) is 2. The Morgan fingerprint density at radius 1 is 1.29 bits per heavy atom. The summed E-state index contributed by atoms with van der Waals surface area (Å²) in [6.07, 6.45) is 4.38. The van der Waals surface area contributed by atoms with Crippen LogP contribution >= 0.6 is 11.6 Å². The summed E-state index contributed by atoms with van der Waals surface area (Å²) in [5.41, 5.74) is 12.5. The van der Waals surface area contributed by atoms with Gasteiger partial charge >= 0.3 is 0 Å². The SMILES string of the molecule is Cc1noc2c1-c1ccc(/C(C=N)=C/N)cc1C(Nc1ccc(Cl)cc1)CC2. The molecule has 4 rings (SSSR count). The molecule has 0 saturated heterocycles. The van der Waals surface area contributed by atoms with Gasteiger partial charge in [-0.1, -0.05) is 28.9 Å². The molecule has 1 aliphatic carbocycles. The number of halogens is 1. The molecular formula is C22H21ClN4O. The maximum absolute atomic E-state index is 7.63. The second kappa shape index (κ2) is 7.52. The number of hydrogen-bond acceptors (Lipinski definition) is 5. The molecule has 1 unspecified atom stereocenters. The van der Waals surface area contributed by atoms with Gasteiger partial charge < -0.3 is 21.0 Å². The number of hydrogen-bond donors (Lipinski definition) is 3. The fraction of sp³-hybridized carbons (Fsp3) is 0.182. The van der Waals surface area contributed by atoms with Crippen LogP contribution in [0.2, 0.25) is 5.02 Å². The van der Waals surface area contributed by atoms with Crippen LogP contribution in [-0.2, 0) is 6.42 Å². The van der Waals surface area contributed by atoms with Crippen molar-refractivity contribution in [3.63, 3.8) is 0 Å². The van der Waals surface area contributed by atoms with Crippen LogP contribution < -0.4 is 11.1 Å². The van der Waals surface area contributed by atoms with Gasteiger partial charge in [0.15, 0.2) is 0 Å². The summed E-state index contributed by atoms with van der Waals surface area (Å²) in [4.78, 5) is 0. The molecule has 1 heterocycles. The molecule has 0 spiro atoms. The van der Waals surface area contributed by atoms with E-state index in [9.17, 15) is 0 Å². The number of anilines is 1. The molecule has 28 heavy (non-hydrogen) atoms. The van der Waals surface area contributed by atoms with Crippen molar-refractivity contribution >= 4 is 29.1 Å². The van der Waals surface area contributed by atoms with Gasteiger partial charge in [0.2, 0.25) is 0 Å². The molecule has 3 aromatic rings. The first kappa shape index (κ1) is 18.3. The van der Waals surface area contributed by atoms with E-state index < -0.39 is 0 Å². The first-order valence-electron chi connectivity index (χ1n) is 9.15. The van der Waals surface area contributed by atoms with E-state index in [0.717, 1.165) is 52.2 Å². The topological polar surface area (TPSA) is 87.9 Å². The Labute approximate surface area is 168 Å². The number of nitrogens with zero attached hydrogens (tertiary/aromatic N) is 1. The molecule has 1 aromatic heterocycles. The quantitative estimate of drug-likeness (QED) is 0.522. The molecule has 6 heteroatoms. The normalized spacial score (nSPS) is 16.1. The lowest BCUT2D eigenvalue weighted by Crippen LogP contribution is -2.12. The summed E-state index contributed by atoms with van der Waals surface area (Å²) in [5, 5.41) is 16.1. The van der Waals surface area contributed by atoms with E-state index in [1.54, 1.807) is 0 Å². The number of aromatic nitrogens is 1. The smallest absolute Gasteiger partial charge is 0.144 e. The molecule has 2 aromatic carbocycles. The standard InChI is InChI=1S/C22H21ClN4O/c1-13-22-18-7-2-14(15(11-24)12-25)10-19(18)20(8-9-21(22)28-27-13)26-17-5-3-16(23)4-6-17/h2-7,10-12,20,24,26H,8-9,25H2,1H3/b15-12+,24-11?. The summed E-state index contributed by atoms with van der Waals surface area (Å²) in [7, 11) is 0. The second-order valence-corrected chi connectivity index (χ2v) is 7.31. The van der Waals surface area contributed by atoms with Gasteiger partial charge in [-0.25, -0.2) is 0 Å². The van der Waals surface area contributed by atoms with Crippen molar-refractivity contribution in [1.82, 2.24) is 5.16 Å². The Hall–Kier alpha value is -3.05. The van der Waals surface area contributed by atoms with Gasteiger partial charge in [0.1, 0.15) is 5.76 Å². The van der Waals surface area contributed by atoms with Crippen LogP contribution in [-0.4, -0.2) is 11.4 Å². The molecular weight excluding hydrogens is 372 g/mol. The third kappa shape index (κ3) is 3.29. The molecule has 0 bridgehead atoms. The summed E-state index contributed by atoms with van der Waals surface area (Å²) >= 11 is 6.03. The highest BCUT2D eigenvalue weighted by Crippen LogP contribution is 2.41. The van der Waals surface area contributed by atoms with E-state index in [1.807, 2.05) is 37.3 Å². The van der Waals surface area contributed by atoms with E-state index in [2.05, 4.69) is 22.6 Å². The zero-order valence-corrected chi connectivity index (χ0v) is 16.3. The third-order valence-electron chi connectivity index (χ3n) is 5.14. The van der Waals surface area contributed by atoms with Gasteiger partial charge in [-0.15, -0.1) is 0 Å². The lowest BCUT2D eigenvalue weighted by Gasteiger charge is -2.22. The van der Waals surface area contributed by atoms with Crippen molar-refractivity contribution in [3.8, 4) is 11.1 Å². The summed E-state index contributed by atoms with van der Waals surface area (Å²) in [5.74, 6) is 0.911. The lowest BCUT2D eigenvalue weighted by atomic mass is 9.92. The van der Waals surface area contributed by atoms with Gasteiger partial charge in [-0.3, -0.25) is 0 Å². The zero-order chi connectivity index (χ0) is 19.7. The molecule has 0 amide bonds. The number of aryl methyl sites for hydroxylation is 2. The van der Waals surface area contributed by atoms with E-state index in [0.29, 0.717) is 10.6 Å². The average Bonchev–Trinajstić information content (AvgIpc) is 3.00. The molecule has 142 valence electrons. The Morgan fingerprint density at radius 2 is 2.07 bits per heavy atom. The van der Waals surface area contributed by atoms with E-state index in [-0.39, 0.29) is 6.04 Å². The number of rotatable bonds is 4.